The summed E-state index contributed by atoms with van der Waals surface area (Å²) in [5, 5.41) is 11.2. The minimum absolute atomic E-state index is 0.123. The van der Waals surface area contributed by atoms with Crippen molar-refractivity contribution < 1.29 is 9.59 Å². The summed E-state index contributed by atoms with van der Waals surface area (Å²) in [5.41, 5.74) is 0. The highest BCUT2D eigenvalue weighted by atomic mass is 16.2. The van der Waals surface area contributed by atoms with Gasteiger partial charge in [0, 0.05) is 25.2 Å². The van der Waals surface area contributed by atoms with E-state index in [0.29, 0.717) is 19.0 Å². The van der Waals surface area contributed by atoms with E-state index in [4.69, 9.17) is 0 Å². The molecule has 1 atom stereocenters. The average molecular weight is 286 g/mol. The number of carbonyl (C=O) groups is 2. The molecule has 6 heteroatoms. The van der Waals surface area contributed by atoms with Crippen molar-refractivity contribution in [2.75, 3.05) is 13.1 Å². The van der Waals surface area contributed by atoms with E-state index in [1.54, 1.807) is 0 Å². The van der Waals surface area contributed by atoms with Crippen molar-refractivity contribution in [1.29, 1.82) is 0 Å². The van der Waals surface area contributed by atoms with Gasteiger partial charge in [0.25, 0.3) is 0 Å². The van der Waals surface area contributed by atoms with E-state index >= 15 is 0 Å². The van der Waals surface area contributed by atoms with Crippen molar-refractivity contribution in [1.82, 2.24) is 21.3 Å². The van der Waals surface area contributed by atoms with Crippen LogP contribution in [0.25, 0.3) is 0 Å². The van der Waals surface area contributed by atoms with Crippen LogP contribution in [0.1, 0.15) is 47.5 Å². The number of hydrogen-bond donors (Lipinski definition) is 4. The van der Waals surface area contributed by atoms with Gasteiger partial charge in [-0.1, -0.05) is 6.92 Å². The molecule has 4 amide bonds. The van der Waals surface area contributed by atoms with Crippen LogP contribution < -0.4 is 21.3 Å². The van der Waals surface area contributed by atoms with E-state index < -0.39 is 0 Å². The summed E-state index contributed by atoms with van der Waals surface area (Å²) in [6, 6.07) is 0.0509. The molecule has 0 bridgehead atoms. The quantitative estimate of drug-likeness (QED) is 0.513. The van der Waals surface area contributed by atoms with E-state index in [-0.39, 0.29) is 24.1 Å². The summed E-state index contributed by atoms with van der Waals surface area (Å²) >= 11 is 0. The van der Waals surface area contributed by atoms with Crippen LogP contribution in [0.2, 0.25) is 0 Å². The molecule has 118 valence electrons. The van der Waals surface area contributed by atoms with E-state index in [1.807, 2.05) is 27.7 Å². The molecule has 0 aromatic heterocycles. The van der Waals surface area contributed by atoms with Crippen LogP contribution in [-0.2, 0) is 0 Å². The van der Waals surface area contributed by atoms with Crippen LogP contribution >= 0.6 is 0 Å². The van der Waals surface area contributed by atoms with Crippen LogP contribution in [0.15, 0.2) is 0 Å². The lowest BCUT2D eigenvalue weighted by atomic mass is 10.1. The van der Waals surface area contributed by atoms with Gasteiger partial charge in [-0.3, -0.25) is 0 Å². The lowest BCUT2D eigenvalue weighted by molar-refractivity contribution is 0.236. The molecule has 0 saturated carbocycles. The lowest BCUT2D eigenvalue weighted by Gasteiger charge is -2.15. The van der Waals surface area contributed by atoms with Crippen LogP contribution in [0.4, 0.5) is 9.59 Å². The highest BCUT2D eigenvalue weighted by Gasteiger charge is 2.07. The van der Waals surface area contributed by atoms with Crippen molar-refractivity contribution in [3.8, 4) is 0 Å². The number of rotatable bonds is 8. The Morgan fingerprint density at radius 3 is 1.85 bits per heavy atom. The van der Waals surface area contributed by atoms with Gasteiger partial charge in [-0.05, 0) is 46.5 Å². The second-order valence-electron chi connectivity index (χ2n) is 5.81. The van der Waals surface area contributed by atoms with E-state index in [1.165, 1.54) is 0 Å². The predicted molar refractivity (Wildman–Crippen MR) is 81.7 cm³/mol. The first-order valence-corrected chi connectivity index (χ1v) is 7.40. The molecule has 0 aliphatic heterocycles. The smallest absolute Gasteiger partial charge is 0.314 e. The Morgan fingerprint density at radius 2 is 1.35 bits per heavy atom. The molecule has 0 aromatic rings. The fourth-order valence-electron chi connectivity index (χ4n) is 1.65. The summed E-state index contributed by atoms with van der Waals surface area (Å²) in [4.78, 5) is 22.7. The molecule has 0 heterocycles. The van der Waals surface area contributed by atoms with E-state index in [2.05, 4.69) is 28.2 Å². The van der Waals surface area contributed by atoms with Gasteiger partial charge < -0.3 is 21.3 Å². The van der Waals surface area contributed by atoms with Crippen molar-refractivity contribution >= 4 is 12.1 Å². The van der Waals surface area contributed by atoms with Crippen LogP contribution in [-0.4, -0.2) is 37.2 Å². The maximum Gasteiger partial charge on any atom is 0.314 e. The molecule has 0 aliphatic carbocycles. The zero-order valence-electron chi connectivity index (χ0n) is 13.4. The van der Waals surface area contributed by atoms with Gasteiger partial charge >= 0.3 is 12.1 Å². The highest BCUT2D eigenvalue weighted by molar-refractivity contribution is 5.74. The third-order valence-corrected chi connectivity index (χ3v) is 2.61. The number of nitrogens with one attached hydrogen (secondary N) is 4. The summed E-state index contributed by atoms with van der Waals surface area (Å²) in [5.74, 6) is 0.392. The van der Waals surface area contributed by atoms with Gasteiger partial charge in [-0.15, -0.1) is 0 Å². The third-order valence-electron chi connectivity index (χ3n) is 2.61. The molecule has 0 fully saturated rings. The normalized spacial score (nSPS) is 12.2. The average Bonchev–Trinajstić information content (AvgIpc) is 2.30. The van der Waals surface area contributed by atoms with Crippen molar-refractivity contribution in [3.05, 3.63) is 0 Å². The van der Waals surface area contributed by atoms with Crippen LogP contribution in [0, 0.1) is 5.92 Å². The molecule has 0 aromatic carbocycles. The molecule has 0 radical (unpaired) electrons. The second kappa shape index (κ2) is 10.3. The molecule has 0 saturated heterocycles. The van der Waals surface area contributed by atoms with Crippen molar-refractivity contribution in [3.63, 3.8) is 0 Å². The van der Waals surface area contributed by atoms with Gasteiger partial charge in [0.05, 0.1) is 0 Å². The fraction of sp³-hybridized carbons (Fsp3) is 0.857. The summed E-state index contributed by atoms with van der Waals surface area (Å²) in [6.45, 7) is 11.1. The molecule has 0 spiro atoms. The first kappa shape index (κ1) is 18.5. The molecular formula is C14H30N4O2. The number of carbonyl (C=O) groups excluding carboxylic acids is 2. The van der Waals surface area contributed by atoms with Gasteiger partial charge in [0.1, 0.15) is 0 Å². The van der Waals surface area contributed by atoms with E-state index in [0.717, 1.165) is 12.8 Å². The van der Waals surface area contributed by atoms with Gasteiger partial charge in [-0.25, -0.2) is 9.59 Å². The molecule has 6 nitrogen and oxygen atoms in total. The Morgan fingerprint density at radius 1 is 0.850 bits per heavy atom. The van der Waals surface area contributed by atoms with Crippen molar-refractivity contribution in [2.24, 2.45) is 5.92 Å². The Bertz CT molecular complexity index is 293. The van der Waals surface area contributed by atoms with Crippen LogP contribution in [0.5, 0.6) is 0 Å². The van der Waals surface area contributed by atoms with Gasteiger partial charge in [0.2, 0.25) is 0 Å². The standard InChI is InChI=1S/C14H30N4O2/c1-10(2)17-13(19)15-8-6-7-12(5)9-16-14(20)18-11(3)4/h10-12H,6-9H2,1-5H3,(H2,15,17,19)(H2,16,18,20)/t12-/m0/s1. The minimum Gasteiger partial charge on any atom is -0.338 e. The third kappa shape index (κ3) is 11.6. The molecule has 0 aliphatic rings. The Balaban J connectivity index is 3.56. The molecule has 20 heavy (non-hydrogen) atoms. The summed E-state index contributed by atoms with van der Waals surface area (Å²) in [7, 11) is 0. The van der Waals surface area contributed by atoms with E-state index in [9.17, 15) is 9.59 Å². The first-order valence-electron chi connectivity index (χ1n) is 7.40. The Hall–Kier alpha value is -1.46. The summed E-state index contributed by atoms with van der Waals surface area (Å²) < 4.78 is 0. The zero-order valence-corrected chi connectivity index (χ0v) is 13.4. The number of hydrogen-bond acceptors (Lipinski definition) is 2. The number of amides is 4. The molecule has 0 rings (SSSR count). The zero-order chi connectivity index (χ0) is 15.5. The Labute approximate surface area is 122 Å². The molecular weight excluding hydrogens is 256 g/mol. The topological polar surface area (TPSA) is 82.3 Å². The largest absolute Gasteiger partial charge is 0.338 e. The minimum atomic E-state index is -0.124. The first-order chi connectivity index (χ1) is 9.31. The van der Waals surface area contributed by atoms with Gasteiger partial charge in [-0.2, -0.15) is 0 Å². The fourth-order valence-corrected chi connectivity index (χ4v) is 1.65. The van der Waals surface area contributed by atoms with Crippen LogP contribution in [0.3, 0.4) is 0 Å². The monoisotopic (exact) mass is 286 g/mol. The lowest BCUT2D eigenvalue weighted by Crippen LogP contribution is -2.41. The Kier molecular flexibility index (Phi) is 9.59. The molecule has 0 unspecified atom stereocenters. The predicted octanol–water partition coefficient (Wildman–Crippen LogP) is 1.82. The molecule has 4 N–H and O–H groups in total. The number of urea groups is 2. The van der Waals surface area contributed by atoms with Crippen molar-refractivity contribution in [2.45, 2.75) is 59.5 Å². The maximum atomic E-state index is 11.4. The summed E-state index contributed by atoms with van der Waals surface area (Å²) in [6.07, 6.45) is 1.87. The highest BCUT2D eigenvalue weighted by Crippen LogP contribution is 2.03. The SMILES string of the molecule is CC(C)NC(=O)NCCC[C@H](C)CNC(=O)NC(C)C. The van der Waals surface area contributed by atoms with Gasteiger partial charge in [0.15, 0.2) is 0 Å². The second-order valence-corrected chi connectivity index (χ2v) is 5.81. The maximum absolute atomic E-state index is 11.4.